The lowest BCUT2D eigenvalue weighted by molar-refractivity contribution is -0.143. The highest BCUT2D eigenvalue weighted by atomic mass is 16.6. The Labute approximate surface area is 197 Å². The lowest BCUT2D eigenvalue weighted by Crippen LogP contribution is -2.32. The summed E-state index contributed by atoms with van der Waals surface area (Å²) in [7, 11) is 0. The summed E-state index contributed by atoms with van der Waals surface area (Å²) in [4.78, 5) is 26.6. The lowest BCUT2D eigenvalue weighted by Gasteiger charge is -2.32. The van der Waals surface area contributed by atoms with E-state index < -0.39 is 5.63 Å². The lowest BCUT2D eigenvalue weighted by atomic mass is 9.97. The van der Waals surface area contributed by atoms with Crippen LogP contribution in [0.3, 0.4) is 0 Å². The molecule has 0 fully saturated rings. The van der Waals surface area contributed by atoms with Crippen LogP contribution >= 0.6 is 0 Å². The number of carbonyl (C=O) groups is 1. The largest absolute Gasteiger partial charge is 0.486 e. The van der Waals surface area contributed by atoms with E-state index in [0.29, 0.717) is 44.2 Å². The third kappa shape index (κ3) is 3.93. The van der Waals surface area contributed by atoms with Gasteiger partial charge in [-0.15, -0.1) is 0 Å². The molecule has 0 N–H and O–H groups in total. The van der Waals surface area contributed by atoms with Crippen molar-refractivity contribution in [3.63, 3.8) is 0 Å². The summed E-state index contributed by atoms with van der Waals surface area (Å²) in [5.41, 5.74) is 4.18. The quantitative estimate of drug-likeness (QED) is 0.412. The van der Waals surface area contributed by atoms with Crippen molar-refractivity contribution in [2.45, 2.75) is 40.2 Å². The molecule has 0 atom stereocenters. The van der Waals surface area contributed by atoms with Gasteiger partial charge < -0.3 is 28.3 Å². The van der Waals surface area contributed by atoms with Crippen LogP contribution in [0.4, 0.5) is 5.69 Å². The fourth-order valence-corrected chi connectivity index (χ4v) is 4.59. The molecule has 8 nitrogen and oxygen atoms in total. The van der Waals surface area contributed by atoms with Gasteiger partial charge >= 0.3 is 11.6 Å². The Morgan fingerprint density at radius 3 is 2.65 bits per heavy atom. The summed E-state index contributed by atoms with van der Waals surface area (Å²) in [5, 5.41) is 0.849. The summed E-state index contributed by atoms with van der Waals surface area (Å²) in [5.74, 6) is 1.89. The first kappa shape index (κ1) is 22.1. The monoisotopic (exact) mass is 465 g/mol. The Morgan fingerprint density at radius 2 is 1.85 bits per heavy atom. The number of carbonyl (C=O) groups excluding carboxylic acids is 1. The number of ether oxygens (including phenoxy) is 4. The van der Waals surface area contributed by atoms with Crippen LogP contribution < -0.4 is 24.7 Å². The molecule has 34 heavy (non-hydrogen) atoms. The molecular formula is C26H27NO7. The molecule has 8 heteroatoms. The Bertz CT molecular complexity index is 1330. The van der Waals surface area contributed by atoms with Crippen LogP contribution in [0.2, 0.25) is 0 Å². The second-order valence-electron chi connectivity index (χ2n) is 8.46. The molecule has 5 rings (SSSR count). The third-order valence-corrected chi connectivity index (χ3v) is 6.34. The van der Waals surface area contributed by atoms with E-state index in [1.807, 2.05) is 38.1 Å². The third-order valence-electron chi connectivity index (χ3n) is 6.34. The molecule has 2 aromatic carbocycles. The van der Waals surface area contributed by atoms with Gasteiger partial charge in [0.05, 0.1) is 6.61 Å². The molecule has 0 aliphatic carbocycles. The van der Waals surface area contributed by atoms with E-state index in [0.717, 1.165) is 45.0 Å². The van der Waals surface area contributed by atoms with Crippen LogP contribution in [0.25, 0.3) is 11.0 Å². The maximum absolute atomic E-state index is 12.7. The highest BCUT2D eigenvalue weighted by Gasteiger charge is 2.25. The summed E-state index contributed by atoms with van der Waals surface area (Å²) < 4.78 is 28.2. The van der Waals surface area contributed by atoms with Crippen molar-refractivity contribution in [3.05, 3.63) is 56.9 Å². The topological polar surface area (TPSA) is 87.4 Å². The Kier molecular flexibility index (Phi) is 5.81. The van der Waals surface area contributed by atoms with Gasteiger partial charge in [-0.2, -0.15) is 0 Å². The van der Waals surface area contributed by atoms with Crippen LogP contribution in [0.1, 0.15) is 35.6 Å². The highest BCUT2D eigenvalue weighted by Crippen LogP contribution is 2.39. The van der Waals surface area contributed by atoms with E-state index in [1.165, 1.54) is 0 Å². The molecule has 2 aliphatic rings. The molecule has 1 aromatic heterocycles. The van der Waals surface area contributed by atoms with E-state index in [2.05, 4.69) is 4.90 Å². The summed E-state index contributed by atoms with van der Waals surface area (Å²) >= 11 is 0. The normalized spacial score (nSPS) is 14.5. The van der Waals surface area contributed by atoms with Gasteiger partial charge in [-0.05, 0) is 51.0 Å². The minimum atomic E-state index is -0.425. The van der Waals surface area contributed by atoms with E-state index >= 15 is 0 Å². The Morgan fingerprint density at radius 1 is 1.06 bits per heavy atom. The molecular weight excluding hydrogens is 438 g/mol. The van der Waals surface area contributed by atoms with Crippen LogP contribution in [0.5, 0.6) is 17.2 Å². The molecule has 3 aromatic rings. The predicted molar refractivity (Wildman–Crippen MR) is 126 cm³/mol. The zero-order valence-corrected chi connectivity index (χ0v) is 19.6. The maximum Gasteiger partial charge on any atom is 0.339 e. The SMILES string of the molecule is CCOC(=O)CCc1c(C)c2cc3c(c(C)c2oc1=O)OCN(c1ccc2c(c1)OCCO2)C3. The van der Waals surface area contributed by atoms with Crippen molar-refractivity contribution in [1.29, 1.82) is 0 Å². The average molecular weight is 466 g/mol. The number of benzene rings is 2. The number of esters is 1. The van der Waals surface area contributed by atoms with E-state index in [-0.39, 0.29) is 18.8 Å². The molecule has 0 radical (unpaired) electrons. The average Bonchev–Trinajstić information content (AvgIpc) is 2.84. The maximum atomic E-state index is 12.7. The van der Waals surface area contributed by atoms with Crippen LogP contribution in [0.15, 0.2) is 33.5 Å². The van der Waals surface area contributed by atoms with Gasteiger partial charge in [0.2, 0.25) is 0 Å². The fourth-order valence-electron chi connectivity index (χ4n) is 4.59. The van der Waals surface area contributed by atoms with E-state index in [9.17, 15) is 9.59 Å². The smallest absolute Gasteiger partial charge is 0.339 e. The number of rotatable bonds is 5. The molecule has 2 aliphatic heterocycles. The van der Waals surface area contributed by atoms with Crippen LogP contribution in [-0.2, 0) is 22.5 Å². The second-order valence-corrected chi connectivity index (χ2v) is 8.46. The predicted octanol–water partition coefficient (Wildman–Crippen LogP) is 4.03. The zero-order valence-electron chi connectivity index (χ0n) is 19.6. The molecule has 178 valence electrons. The Balaban J connectivity index is 1.48. The van der Waals surface area contributed by atoms with Gasteiger partial charge in [-0.3, -0.25) is 4.79 Å². The second kappa shape index (κ2) is 8.93. The van der Waals surface area contributed by atoms with Gasteiger partial charge in [0, 0.05) is 46.8 Å². The highest BCUT2D eigenvalue weighted by molar-refractivity contribution is 5.87. The van der Waals surface area contributed by atoms with Gasteiger partial charge in [0.15, 0.2) is 18.2 Å². The number of fused-ring (bicyclic) bond motifs is 3. The van der Waals surface area contributed by atoms with Crippen LogP contribution in [0, 0.1) is 13.8 Å². The van der Waals surface area contributed by atoms with Crippen molar-refractivity contribution in [3.8, 4) is 17.2 Å². The first-order valence-corrected chi connectivity index (χ1v) is 11.5. The van der Waals surface area contributed by atoms with Gasteiger partial charge in [-0.25, -0.2) is 4.79 Å². The summed E-state index contributed by atoms with van der Waals surface area (Å²) in [6.07, 6.45) is 0.411. The standard InChI is InChI=1S/C26H27NO7/c1-4-30-23(28)8-6-19-15(2)20-11-17-13-27(14-33-24(17)16(3)25(20)34-26(19)29)18-5-7-21-22(12-18)32-10-9-31-21/h5,7,11-12H,4,6,8-10,13-14H2,1-3H3. The Hall–Kier alpha value is -3.68. The molecule has 0 bridgehead atoms. The molecule has 0 amide bonds. The minimum absolute atomic E-state index is 0.135. The molecule has 3 heterocycles. The number of anilines is 1. The molecule has 0 saturated heterocycles. The van der Waals surface area contributed by atoms with Gasteiger partial charge in [0.25, 0.3) is 0 Å². The van der Waals surface area contributed by atoms with Crippen molar-refractivity contribution in [2.75, 3.05) is 31.5 Å². The fraction of sp³-hybridized carbons (Fsp3) is 0.385. The van der Waals surface area contributed by atoms with E-state index in [1.54, 1.807) is 6.92 Å². The van der Waals surface area contributed by atoms with Gasteiger partial charge in [0.1, 0.15) is 24.5 Å². The minimum Gasteiger partial charge on any atom is -0.486 e. The van der Waals surface area contributed by atoms with Crippen molar-refractivity contribution < 1.29 is 28.2 Å². The van der Waals surface area contributed by atoms with E-state index in [4.69, 9.17) is 23.4 Å². The van der Waals surface area contributed by atoms with Crippen LogP contribution in [-0.4, -0.2) is 32.5 Å². The number of nitrogens with zero attached hydrogens (tertiary/aromatic N) is 1. The van der Waals surface area contributed by atoms with Gasteiger partial charge in [-0.1, -0.05) is 0 Å². The first-order chi connectivity index (χ1) is 16.5. The molecule has 0 spiro atoms. The molecule has 0 saturated carbocycles. The first-order valence-electron chi connectivity index (χ1n) is 11.5. The number of aryl methyl sites for hydroxylation is 2. The number of hydrogen-bond donors (Lipinski definition) is 0. The molecule has 0 unspecified atom stereocenters. The van der Waals surface area contributed by atoms with Crippen molar-refractivity contribution in [1.82, 2.24) is 0 Å². The summed E-state index contributed by atoms with van der Waals surface area (Å²) in [6, 6.07) is 7.90. The van der Waals surface area contributed by atoms with Crippen molar-refractivity contribution >= 4 is 22.6 Å². The summed E-state index contributed by atoms with van der Waals surface area (Å²) in [6.45, 7) is 7.95. The zero-order chi connectivity index (χ0) is 23.8. The number of hydrogen-bond acceptors (Lipinski definition) is 8. The van der Waals surface area contributed by atoms with Crippen molar-refractivity contribution in [2.24, 2.45) is 0 Å².